The average Bonchev–Trinajstić information content (AvgIpc) is 2.36. The van der Waals surface area contributed by atoms with E-state index in [1.165, 1.54) is 18.2 Å². The van der Waals surface area contributed by atoms with Crippen LogP contribution in [0.1, 0.15) is 38.4 Å². The minimum atomic E-state index is -3.45. The van der Waals surface area contributed by atoms with E-state index < -0.39 is 21.9 Å². The van der Waals surface area contributed by atoms with Crippen molar-refractivity contribution in [2.75, 3.05) is 12.3 Å². The quantitative estimate of drug-likeness (QED) is 0.774. The molecule has 1 aromatic rings. The lowest BCUT2D eigenvalue weighted by atomic mass is 10.1. The van der Waals surface area contributed by atoms with E-state index in [1.54, 1.807) is 6.07 Å². The number of rotatable bonds is 8. The number of hydrogen-bond acceptors (Lipinski definition) is 3. The predicted molar refractivity (Wildman–Crippen MR) is 77.2 cm³/mol. The Labute approximate surface area is 120 Å². The molecular weight excluding hydrogens is 281 g/mol. The van der Waals surface area contributed by atoms with E-state index in [9.17, 15) is 17.9 Å². The van der Waals surface area contributed by atoms with Crippen molar-refractivity contribution in [3.63, 3.8) is 0 Å². The number of aliphatic hydroxyl groups excluding tert-OH is 1. The van der Waals surface area contributed by atoms with Crippen LogP contribution in [0.2, 0.25) is 0 Å². The van der Waals surface area contributed by atoms with Crippen LogP contribution in [0.15, 0.2) is 24.3 Å². The zero-order valence-electron chi connectivity index (χ0n) is 11.8. The largest absolute Gasteiger partial charge is 0.387 e. The van der Waals surface area contributed by atoms with Crippen LogP contribution in [0.4, 0.5) is 4.39 Å². The van der Waals surface area contributed by atoms with Crippen molar-refractivity contribution in [1.82, 2.24) is 4.72 Å². The van der Waals surface area contributed by atoms with Gasteiger partial charge in [-0.05, 0) is 18.4 Å². The van der Waals surface area contributed by atoms with Gasteiger partial charge in [-0.25, -0.2) is 17.5 Å². The van der Waals surface area contributed by atoms with Crippen LogP contribution in [-0.4, -0.2) is 25.8 Å². The van der Waals surface area contributed by atoms with E-state index in [2.05, 4.69) is 4.72 Å². The Morgan fingerprint density at radius 2 is 2.00 bits per heavy atom. The summed E-state index contributed by atoms with van der Waals surface area (Å²) in [4.78, 5) is 0. The van der Waals surface area contributed by atoms with Gasteiger partial charge in [-0.2, -0.15) is 0 Å². The van der Waals surface area contributed by atoms with E-state index in [0.29, 0.717) is 0 Å². The normalized spacial score (nSPS) is 15.0. The van der Waals surface area contributed by atoms with Crippen molar-refractivity contribution in [3.05, 3.63) is 35.6 Å². The van der Waals surface area contributed by atoms with Crippen molar-refractivity contribution >= 4 is 10.0 Å². The number of aliphatic hydroxyl groups is 1. The SMILES string of the molecule is CCCC(C)CS(=O)(=O)NCC(O)c1ccccc1F. The maximum atomic E-state index is 13.4. The minimum absolute atomic E-state index is 0.0187. The minimum Gasteiger partial charge on any atom is -0.387 e. The van der Waals surface area contributed by atoms with Gasteiger partial charge in [-0.3, -0.25) is 0 Å². The molecule has 0 aliphatic carbocycles. The first-order valence-electron chi connectivity index (χ1n) is 6.75. The van der Waals surface area contributed by atoms with Crippen LogP contribution in [0.3, 0.4) is 0 Å². The highest BCUT2D eigenvalue weighted by atomic mass is 32.2. The molecule has 20 heavy (non-hydrogen) atoms. The van der Waals surface area contributed by atoms with Crippen LogP contribution in [0.5, 0.6) is 0 Å². The molecule has 2 unspecified atom stereocenters. The molecule has 0 saturated heterocycles. The highest BCUT2D eigenvalue weighted by Crippen LogP contribution is 2.16. The summed E-state index contributed by atoms with van der Waals surface area (Å²) in [6, 6.07) is 5.78. The maximum absolute atomic E-state index is 13.4. The van der Waals surface area contributed by atoms with Gasteiger partial charge >= 0.3 is 0 Å². The monoisotopic (exact) mass is 303 g/mol. The summed E-state index contributed by atoms with van der Waals surface area (Å²) in [5, 5.41) is 9.84. The van der Waals surface area contributed by atoms with Gasteiger partial charge in [0.05, 0.1) is 11.9 Å². The second kappa shape index (κ2) is 7.71. The van der Waals surface area contributed by atoms with Crippen LogP contribution in [-0.2, 0) is 10.0 Å². The summed E-state index contributed by atoms with van der Waals surface area (Å²) < 4.78 is 39.4. The van der Waals surface area contributed by atoms with Gasteiger partial charge in [-0.1, -0.05) is 38.5 Å². The molecule has 1 rings (SSSR count). The van der Waals surface area contributed by atoms with E-state index in [1.807, 2.05) is 13.8 Å². The van der Waals surface area contributed by atoms with Gasteiger partial charge in [0.2, 0.25) is 10.0 Å². The molecule has 0 aromatic heterocycles. The second-order valence-corrected chi connectivity index (χ2v) is 6.91. The van der Waals surface area contributed by atoms with Crippen molar-refractivity contribution in [2.24, 2.45) is 5.92 Å². The zero-order valence-corrected chi connectivity index (χ0v) is 12.7. The van der Waals surface area contributed by atoms with Gasteiger partial charge in [0.15, 0.2) is 0 Å². The fraction of sp³-hybridized carbons (Fsp3) is 0.571. The summed E-state index contributed by atoms with van der Waals surface area (Å²) in [5.74, 6) is -0.466. The third-order valence-electron chi connectivity index (χ3n) is 3.05. The summed E-state index contributed by atoms with van der Waals surface area (Å²) >= 11 is 0. The molecule has 0 fully saturated rings. The number of nitrogens with one attached hydrogen (secondary N) is 1. The Morgan fingerprint density at radius 1 is 1.35 bits per heavy atom. The molecule has 114 valence electrons. The third-order valence-corrected chi connectivity index (χ3v) is 4.66. The lowest BCUT2D eigenvalue weighted by Gasteiger charge is -2.15. The standard InChI is InChI=1S/C14H22FNO3S/c1-3-6-11(2)10-20(18,19)16-9-14(17)12-7-4-5-8-13(12)15/h4-5,7-8,11,14,16-17H,3,6,9-10H2,1-2H3. The molecule has 0 spiro atoms. The molecule has 4 nitrogen and oxygen atoms in total. The zero-order chi connectivity index (χ0) is 15.2. The van der Waals surface area contributed by atoms with E-state index in [-0.39, 0.29) is 23.8 Å². The Hall–Kier alpha value is -0.980. The summed E-state index contributed by atoms with van der Waals surface area (Å²) in [7, 11) is -3.45. The molecule has 0 aliphatic heterocycles. The molecule has 0 bridgehead atoms. The molecule has 0 amide bonds. The van der Waals surface area contributed by atoms with Gasteiger partial charge in [0.1, 0.15) is 5.82 Å². The molecule has 1 aromatic carbocycles. The summed E-state index contributed by atoms with van der Waals surface area (Å²) in [5.41, 5.74) is 0.0943. The first-order valence-corrected chi connectivity index (χ1v) is 8.40. The van der Waals surface area contributed by atoms with Crippen molar-refractivity contribution in [1.29, 1.82) is 0 Å². The van der Waals surface area contributed by atoms with Gasteiger partial charge in [0.25, 0.3) is 0 Å². The molecule has 0 saturated carbocycles. The van der Waals surface area contributed by atoms with E-state index in [0.717, 1.165) is 12.8 Å². The summed E-state index contributed by atoms with van der Waals surface area (Å²) in [6.07, 6.45) is 0.568. The predicted octanol–water partition coefficient (Wildman–Crippen LogP) is 2.21. The van der Waals surface area contributed by atoms with Crippen LogP contribution >= 0.6 is 0 Å². The topological polar surface area (TPSA) is 66.4 Å². The Bertz CT molecular complexity index is 519. The Kier molecular flexibility index (Phi) is 6.58. The lowest BCUT2D eigenvalue weighted by Crippen LogP contribution is -2.32. The van der Waals surface area contributed by atoms with Gasteiger partial charge < -0.3 is 5.11 Å². The fourth-order valence-electron chi connectivity index (χ4n) is 2.07. The second-order valence-electron chi connectivity index (χ2n) is 5.06. The van der Waals surface area contributed by atoms with Crippen LogP contribution in [0, 0.1) is 11.7 Å². The van der Waals surface area contributed by atoms with E-state index >= 15 is 0 Å². The third kappa shape index (κ3) is 5.56. The average molecular weight is 303 g/mol. The van der Waals surface area contributed by atoms with Crippen molar-refractivity contribution in [3.8, 4) is 0 Å². The number of benzene rings is 1. The first kappa shape index (κ1) is 17.1. The molecular formula is C14H22FNO3S. The summed E-state index contributed by atoms with van der Waals surface area (Å²) in [6.45, 7) is 3.65. The van der Waals surface area contributed by atoms with Crippen LogP contribution < -0.4 is 4.72 Å². The molecule has 6 heteroatoms. The molecule has 0 radical (unpaired) electrons. The molecule has 2 atom stereocenters. The van der Waals surface area contributed by atoms with Crippen molar-refractivity contribution in [2.45, 2.75) is 32.8 Å². The number of sulfonamides is 1. The first-order chi connectivity index (χ1) is 9.35. The maximum Gasteiger partial charge on any atom is 0.211 e. The van der Waals surface area contributed by atoms with Gasteiger partial charge in [-0.15, -0.1) is 0 Å². The Morgan fingerprint density at radius 3 is 2.60 bits per heavy atom. The number of hydrogen-bond donors (Lipinski definition) is 2. The Balaban J connectivity index is 2.56. The van der Waals surface area contributed by atoms with Gasteiger partial charge in [0, 0.05) is 12.1 Å². The smallest absolute Gasteiger partial charge is 0.211 e. The van der Waals surface area contributed by atoms with Crippen molar-refractivity contribution < 1.29 is 17.9 Å². The number of halogens is 1. The highest BCUT2D eigenvalue weighted by molar-refractivity contribution is 7.89. The van der Waals surface area contributed by atoms with Crippen LogP contribution in [0.25, 0.3) is 0 Å². The molecule has 2 N–H and O–H groups in total. The van der Waals surface area contributed by atoms with E-state index in [4.69, 9.17) is 0 Å². The lowest BCUT2D eigenvalue weighted by molar-refractivity contribution is 0.177. The highest BCUT2D eigenvalue weighted by Gasteiger charge is 2.18. The molecule has 0 aliphatic rings. The fourth-order valence-corrected chi connectivity index (χ4v) is 3.52. The molecule has 0 heterocycles.